The Bertz CT molecular complexity index is 403. The van der Waals surface area contributed by atoms with Crippen LogP contribution in [-0.2, 0) is 16.1 Å². The maximum atomic E-state index is 11.5. The molecular formula is C13H16BrNO3. The molecule has 0 fully saturated rings. The van der Waals surface area contributed by atoms with Crippen LogP contribution < -0.4 is 5.32 Å². The molecule has 0 aliphatic carbocycles. The molecule has 4 nitrogen and oxygen atoms in total. The molecule has 98 valence electrons. The van der Waals surface area contributed by atoms with Crippen LogP contribution in [0.1, 0.15) is 31.2 Å². The molecule has 1 aromatic carbocycles. The summed E-state index contributed by atoms with van der Waals surface area (Å²) in [4.78, 5) is 21.7. The summed E-state index contributed by atoms with van der Waals surface area (Å²) in [5.41, 5.74) is 1.04. The standard InChI is InChI=1S/C13H16BrNO3/c14-11-7-5-10(6-8-11)9-15-12(16)3-1-2-4-13(17)18/h5-8H,1-4,9H2,(H,15,16)(H,17,18). The minimum atomic E-state index is -0.815. The number of aliphatic carboxylic acids is 1. The second-order valence-corrected chi connectivity index (χ2v) is 4.92. The zero-order valence-corrected chi connectivity index (χ0v) is 11.6. The van der Waals surface area contributed by atoms with Crippen molar-refractivity contribution in [2.75, 3.05) is 0 Å². The number of rotatable bonds is 7. The van der Waals surface area contributed by atoms with Crippen molar-refractivity contribution in [1.82, 2.24) is 5.32 Å². The summed E-state index contributed by atoms with van der Waals surface area (Å²) in [6.45, 7) is 0.505. The molecule has 0 aliphatic heterocycles. The van der Waals surface area contributed by atoms with Crippen LogP contribution in [0.4, 0.5) is 0 Å². The Hall–Kier alpha value is -1.36. The first-order chi connectivity index (χ1) is 8.58. The van der Waals surface area contributed by atoms with Gasteiger partial charge >= 0.3 is 5.97 Å². The first-order valence-corrected chi connectivity index (χ1v) is 6.60. The van der Waals surface area contributed by atoms with Gasteiger partial charge < -0.3 is 10.4 Å². The van der Waals surface area contributed by atoms with Crippen LogP contribution in [0, 0.1) is 0 Å². The number of amides is 1. The molecule has 18 heavy (non-hydrogen) atoms. The molecule has 0 bridgehead atoms. The average molecular weight is 314 g/mol. The molecule has 0 radical (unpaired) electrons. The van der Waals surface area contributed by atoms with Crippen molar-refractivity contribution >= 4 is 27.8 Å². The maximum absolute atomic E-state index is 11.5. The Morgan fingerprint density at radius 3 is 2.33 bits per heavy atom. The number of halogens is 1. The highest BCUT2D eigenvalue weighted by Gasteiger charge is 2.02. The average Bonchev–Trinajstić information content (AvgIpc) is 2.34. The predicted octanol–water partition coefficient (Wildman–Crippen LogP) is 2.71. The van der Waals surface area contributed by atoms with E-state index in [9.17, 15) is 9.59 Å². The Labute approximate surface area is 115 Å². The molecule has 1 aromatic rings. The lowest BCUT2D eigenvalue weighted by molar-refractivity contribution is -0.137. The Morgan fingerprint density at radius 1 is 1.11 bits per heavy atom. The van der Waals surface area contributed by atoms with Crippen molar-refractivity contribution in [3.63, 3.8) is 0 Å². The lowest BCUT2D eigenvalue weighted by Crippen LogP contribution is -2.22. The van der Waals surface area contributed by atoms with Gasteiger partial charge in [-0.3, -0.25) is 9.59 Å². The molecule has 1 rings (SSSR count). The normalized spacial score (nSPS) is 10.1. The smallest absolute Gasteiger partial charge is 0.303 e. The van der Waals surface area contributed by atoms with Gasteiger partial charge in [-0.2, -0.15) is 0 Å². The van der Waals surface area contributed by atoms with Gasteiger partial charge in [0.15, 0.2) is 0 Å². The van der Waals surface area contributed by atoms with Crippen molar-refractivity contribution in [3.8, 4) is 0 Å². The third kappa shape index (κ3) is 6.39. The van der Waals surface area contributed by atoms with Gasteiger partial charge in [0.05, 0.1) is 0 Å². The molecule has 0 atom stereocenters. The van der Waals surface area contributed by atoms with Crippen molar-refractivity contribution in [1.29, 1.82) is 0 Å². The maximum Gasteiger partial charge on any atom is 0.303 e. The molecule has 5 heteroatoms. The monoisotopic (exact) mass is 313 g/mol. The third-order valence-electron chi connectivity index (χ3n) is 2.45. The summed E-state index contributed by atoms with van der Waals surface area (Å²) in [5.74, 6) is -0.853. The molecule has 0 spiro atoms. The highest BCUT2D eigenvalue weighted by atomic mass is 79.9. The van der Waals surface area contributed by atoms with Gasteiger partial charge in [-0.25, -0.2) is 0 Å². The summed E-state index contributed by atoms with van der Waals surface area (Å²) in [6, 6.07) is 7.73. The van der Waals surface area contributed by atoms with Gasteiger partial charge in [-0.1, -0.05) is 28.1 Å². The van der Waals surface area contributed by atoms with Crippen LogP contribution in [0.25, 0.3) is 0 Å². The van der Waals surface area contributed by atoms with E-state index in [1.165, 1.54) is 0 Å². The minimum absolute atomic E-state index is 0.0386. The van der Waals surface area contributed by atoms with Gasteiger partial charge in [0.25, 0.3) is 0 Å². The van der Waals surface area contributed by atoms with Crippen LogP contribution in [-0.4, -0.2) is 17.0 Å². The van der Waals surface area contributed by atoms with Gasteiger partial charge in [0, 0.05) is 23.9 Å². The van der Waals surface area contributed by atoms with Gasteiger partial charge in [-0.05, 0) is 30.5 Å². The van der Waals surface area contributed by atoms with Crippen LogP contribution in [0.15, 0.2) is 28.7 Å². The number of carbonyl (C=O) groups excluding carboxylic acids is 1. The van der Waals surface area contributed by atoms with Crippen LogP contribution in [0.3, 0.4) is 0 Å². The Kier molecular flexibility index (Phi) is 6.43. The fourth-order valence-electron chi connectivity index (χ4n) is 1.45. The van der Waals surface area contributed by atoms with E-state index in [2.05, 4.69) is 21.2 Å². The number of carbonyl (C=O) groups is 2. The number of unbranched alkanes of at least 4 members (excludes halogenated alkanes) is 1. The Morgan fingerprint density at radius 2 is 1.72 bits per heavy atom. The molecule has 0 unspecified atom stereocenters. The van der Waals surface area contributed by atoms with Crippen LogP contribution in [0.5, 0.6) is 0 Å². The third-order valence-corrected chi connectivity index (χ3v) is 2.98. The van der Waals surface area contributed by atoms with E-state index >= 15 is 0 Å². The van der Waals surface area contributed by atoms with Crippen molar-refractivity contribution in [3.05, 3.63) is 34.3 Å². The lowest BCUT2D eigenvalue weighted by Gasteiger charge is -2.05. The zero-order valence-electron chi connectivity index (χ0n) is 9.99. The van der Waals surface area contributed by atoms with Crippen molar-refractivity contribution < 1.29 is 14.7 Å². The highest BCUT2D eigenvalue weighted by Crippen LogP contribution is 2.10. The molecule has 0 saturated heterocycles. The number of carboxylic acids is 1. The summed E-state index contributed by atoms with van der Waals surface area (Å²) >= 11 is 3.34. The summed E-state index contributed by atoms with van der Waals surface area (Å²) in [6.07, 6.45) is 1.66. The second kappa shape index (κ2) is 7.87. The van der Waals surface area contributed by atoms with Crippen LogP contribution >= 0.6 is 15.9 Å². The van der Waals surface area contributed by atoms with E-state index in [-0.39, 0.29) is 12.3 Å². The van der Waals surface area contributed by atoms with Crippen molar-refractivity contribution in [2.45, 2.75) is 32.2 Å². The lowest BCUT2D eigenvalue weighted by atomic mass is 10.2. The molecule has 0 aromatic heterocycles. The Balaban J connectivity index is 2.17. The fraction of sp³-hybridized carbons (Fsp3) is 0.385. The summed E-state index contributed by atoms with van der Waals surface area (Å²) in [7, 11) is 0. The van der Waals surface area contributed by atoms with Gasteiger partial charge in [0.2, 0.25) is 5.91 Å². The first-order valence-electron chi connectivity index (χ1n) is 5.81. The number of hydrogen-bond acceptors (Lipinski definition) is 2. The van der Waals surface area contributed by atoms with E-state index in [1.54, 1.807) is 0 Å². The van der Waals surface area contributed by atoms with Gasteiger partial charge in [-0.15, -0.1) is 0 Å². The van der Waals surface area contributed by atoms with E-state index in [1.807, 2.05) is 24.3 Å². The largest absolute Gasteiger partial charge is 0.481 e. The quantitative estimate of drug-likeness (QED) is 0.761. The molecule has 1 amide bonds. The van der Waals surface area contributed by atoms with Gasteiger partial charge in [0.1, 0.15) is 0 Å². The molecule has 0 heterocycles. The molecule has 0 saturated carbocycles. The predicted molar refractivity (Wildman–Crippen MR) is 72.1 cm³/mol. The number of hydrogen-bond donors (Lipinski definition) is 2. The topological polar surface area (TPSA) is 66.4 Å². The minimum Gasteiger partial charge on any atom is -0.481 e. The molecule has 0 aliphatic rings. The van der Waals surface area contributed by atoms with E-state index in [4.69, 9.17) is 5.11 Å². The highest BCUT2D eigenvalue weighted by molar-refractivity contribution is 9.10. The van der Waals surface area contributed by atoms with E-state index in [0.717, 1.165) is 10.0 Å². The number of benzene rings is 1. The first kappa shape index (κ1) is 14.7. The molecular weight excluding hydrogens is 298 g/mol. The molecule has 2 N–H and O–H groups in total. The second-order valence-electron chi connectivity index (χ2n) is 4.00. The van der Waals surface area contributed by atoms with E-state index in [0.29, 0.717) is 25.8 Å². The van der Waals surface area contributed by atoms with E-state index < -0.39 is 5.97 Å². The summed E-state index contributed by atoms with van der Waals surface area (Å²) < 4.78 is 1.01. The number of nitrogens with one attached hydrogen (secondary N) is 1. The summed E-state index contributed by atoms with van der Waals surface area (Å²) in [5, 5.41) is 11.3. The number of carboxylic acid groups (broad SMARTS) is 1. The SMILES string of the molecule is O=C(O)CCCCC(=O)NCc1ccc(Br)cc1. The fourth-order valence-corrected chi connectivity index (χ4v) is 1.72. The van der Waals surface area contributed by atoms with Crippen molar-refractivity contribution in [2.24, 2.45) is 0 Å². The van der Waals surface area contributed by atoms with Crippen LogP contribution in [0.2, 0.25) is 0 Å². The zero-order chi connectivity index (χ0) is 13.4.